The van der Waals surface area contributed by atoms with Gasteiger partial charge in [0, 0.05) is 12.1 Å². The Morgan fingerprint density at radius 1 is 1.36 bits per heavy atom. The molecule has 0 bridgehead atoms. The lowest BCUT2D eigenvalue weighted by molar-refractivity contribution is -0.136. The van der Waals surface area contributed by atoms with Crippen LogP contribution in [0.4, 0.5) is 5.69 Å². The van der Waals surface area contributed by atoms with Gasteiger partial charge in [-0.25, -0.2) is 0 Å². The minimum absolute atomic E-state index is 0.0442. The van der Waals surface area contributed by atoms with Crippen molar-refractivity contribution in [2.75, 3.05) is 12.0 Å². The lowest BCUT2D eigenvalue weighted by Gasteiger charge is -2.05. The lowest BCUT2D eigenvalue weighted by Crippen LogP contribution is -2.25. The van der Waals surface area contributed by atoms with Gasteiger partial charge < -0.3 is 16.2 Å². The molecule has 0 fully saturated rings. The summed E-state index contributed by atoms with van der Waals surface area (Å²) in [6.07, 6.45) is -0.151. The molecule has 0 aliphatic heterocycles. The molecule has 0 aliphatic rings. The Morgan fingerprint density at radius 2 is 2.00 bits per heavy atom. The molecule has 114 valence electrons. The Kier molecular flexibility index (Phi) is 6.06. The van der Waals surface area contributed by atoms with E-state index >= 15 is 0 Å². The number of nitrogens with two attached hydrogens (primary N) is 1. The number of nitrogens with zero attached hydrogens (tertiary/aromatic N) is 2. The van der Waals surface area contributed by atoms with E-state index in [1.165, 1.54) is 12.1 Å². The number of aliphatic carboxylic acids is 1. The fourth-order valence-electron chi connectivity index (χ4n) is 1.35. The Morgan fingerprint density at radius 3 is 2.50 bits per heavy atom. The van der Waals surface area contributed by atoms with Crippen LogP contribution in [0.1, 0.15) is 16.8 Å². The molecule has 0 radical (unpaired) electrons. The quantitative estimate of drug-likeness (QED) is 0.272. The van der Waals surface area contributed by atoms with Gasteiger partial charge in [0.1, 0.15) is 6.07 Å². The Balaban J connectivity index is 2.63. The molecule has 9 nitrogen and oxygen atoms in total. The van der Waals surface area contributed by atoms with Crippen molar-refractivity contribution in [2.24, 2.45) is 10.8 Å². The second-order valence-corrected chi connectivity index (χ2v) is 4.07. The number of nitrogens with one attached hydrogen (secondary N) is 3. The molecule has 1 aromatic carbocycles. The number of carbonyl (C=O) groups excluding carboxylic acids is 1. The molecule has 0 aliphatic carbocycles. The van der Waals surface area contributed by atoms with Crippen molar-refractivity contribution in [1.82, 2.24) is 5.32 Å². The number of hydrazone groups is 1. The van der Waals surface area contributed by atoms with Gasteiger partial charge in [-0.15, -0.1) is 0 Å². The van der Waals surface area contributed by atoms with Gasteiger partial charge in [0.25, 0.3) is 5.91 Å². The van der Waals surface area contributed by atoms with Crippen molar-refractivity contribution in [3.8, 4) is 6.07 Å². The van der Waals surface area contributed by atoms with Crippen LogP contribution in [0, 0.1) is 16.7 Å². The minimum atomic E-state index is -0.989. The Bertz CT molecular complexity index is 645. The van der Waals surface area contributed by atoms with E-state index in [4.69, 9.17) is 21.5 Å². The molecule has 0 aromatic heterocycles. The molecule has 0 spiro atoms. The number of carboxylic acid groups (broad SMARTS) is 1. The SMILES string of the molecule is N#C/C(=N\Nc1ccc(C(=O)NCCC(=O)O)cc1)C(=N)N. The molecule has 0 atom stereocenters. The topological polar surface area (TPSA) is 164 Å². The number of carboxylic acids is 1. The van der Waals surface area contributed by atoms with Crippen molar-refractivity contribution in [3.63, 3.8) is 0 Å². The van der Waals surface area contributed by atoms with Crippen molar-refractivity contribution >= 4 is 29.1 Å². The summed E-state index contributed by atoms with van der Waals surface area (Å²) in [6, 6.07) is 7.77. The van der Waals surface area contributed by atoms with Gasteiger partial charge in [-0.05, 0) is 24.3 Å². The predicted octanol–water partition coefficient (Wildman–Crippen LogP) is 0.119. The summed E-state index contributed by atoms with van der Waals surface area (Å²) in [7, 11) is 0. The third-order valence-electron chi connectivity index (χ3n) is 2.43. The van der Waals surface area contributed by atoms with Gasteiger partial charge in [0.2, 0.25) is 5.71 Å². The van der Waals surface area contributed by atoms with E-state index in [9.17, 15) is 9.59 Å². The van der Waals surface area contributed by atoms with Gasteiger partial charge in [-0.1, -0.05) is 0 Å². The molecule has 0 saturated heterocycles. The molecule has 1 rings (SSSR count). The summed E-state index contributed by atoms with van der Waals surface area (Å²) < 4.78 is 0. The van der Waals surface area contributed by atoms with E-state index < -0.39 is 17.7 Å². The van der Waals surface area contributed by atoms with E-state index in [0.29, 0.717) is 11.3 Å². The van der Waals surface area contributed by atoms with Gasteiger partial charge in [0.05, 0.1) is 12.1 Å². The highest BCUT2D eigenvalue weighted by Crippen LogP contribution is 2.09. The van der Waals surface area contributed by atoms with Crippen LogP contribution in [-0.4, -0.2) is 35.1 Å². The summed E-state index contributed by atoms with van der Waals surface area (Å²) in [5.74, 6) is -1.83. The molecule has 0 heterocycles. The van der Waals surface area contributed by atoms with Gasteiger partial charge in [-0.2, -0.15) is 10.4 Å². The highest BCUT2D eigenvalue weighted by atomic mass is 16.4. The number of amidine groups is 1. The molecule has 9 heteroatoms. The normalized spacial score (nSPS) is 10.4. The van der Waals surface area contributed by atoms with Crippen LogP contribution in [0.3, 0.4) is 0 Å². The summed E-state index contributed by atoms with van der Waals surface area (Å²) in [6.45, 7) is 0.0442. The maximum Gasteiger partial charge on any atom is 0.305 e. The maximum absolute atomic E-state index is 11.7. The van der Waals surface area contributed by atoms with E-state index in [-0.39, 0.29) is 18.7 Å². The van der Waals surface area contributed by atoms with Crippen LogP contribution in [0.5, 0.6) is 0 Å². The molecular weight excluding hydrogens is 288 g/mol. The molecule has 0 unspecified atom stereocenters. The van der Waals surface area contributed by atoms with Crippen LogP contribution in [0.25, 0.3) is 0 Å². The molecule has 6 N–H and O–H groups in total. The van der Waals surface area contributed by atoms with Crippen molar-refractivity contribution in [1.29, 1.82) is 10.7 Å². The first-order valence-corrected chi connectivity index (χ1v) is 6.12. The lowest BCUT2D eigenvalue weighted by atomic mass is 10.2. The summed E-state index contributed by atoms with van der Waals surface area (Å²) in [5.41, 5.74) is 8.27. The standard InChI is InChI=1S/C13H14N6O3/c14-7-10(12(15)16)19-18-9-3-1-8(2-4-9)13(22)17-6-5-11(20)21/h1-4,18H,5-6H2,(H3,15,16)(H,17,22)(H,20,21)/b19-10+. The first kappa shape index (κ1) is 16.6. The molecular formula is C13H14N6O3. The Labute approximate surface area is 125 Å². The smallest absolute Gasteiger partial charge is 0.305 e. The van der Waals surface area contributed by atoms with Crippen LogP contribution in [0.2, 0.25) is 0 Å². The fraction of sp³-hybridized carbons (Fsp3) is 0.154. The largest absolute Gasteiger partial charge is 0.481 e. The average molecular weight is 302 g/mol. The minimum Gasteiger partial charge on any atom is -0.481 e. The summed E-state index contributed by atoms with van der Waals surface area (Å²) >= 11 is 0. The van der Waals surface area contributed by atoms with E-state index in [2.05, 4.69) is 15.8 Å². The zero-order chi connectivity index (χ0) is 16.5. The van der Waals surface area contributed by atoms with Crippen LogP contribution in [-0.2, 0) is 4.79 Å². The van der Waals surface area contributed by atoms with Crippen LogP contribution >= 0.6 is 0 Å². The molecule has 1 aromatic rings. The fourth-order valence-corrected chi connectivity index (χ4v) is 1.35. The molecule has 1 amide bonds. The molecule has 0 saturated carbocycles. The third kappa shape index (κ3) is 5.30. The van der Waals surface area contributed by atoms with Gasteiger partial charge in [0.15, 0.2) is 5.84 Å². The summed E-state index contributed by atoms with van der Waals surface area (Å²) in [5, 5.41) is 30.4. The first-order chi connectivity index (χ1) is 10.4. The zero-order valence-corrected chi connectivity index (χ0v) is 11.5. The van der Waals surface area contributed by atoms with Crippen LogP contribution in [0.15, 0.2) is 29.4 Å². The third-order valence-corrected chi connectivity index (χ3v) is 2.43. The molecule has 22 heavy (non-hydrogen) atoms. The maximum atomic E-state index is 11.7. The van der Waals surface area contributed by atoms with E-state index in [1.807, 2.05) is 0 Å². The highest BCUT2D eigenvalue weighted by molar-refractivity contribution is 6.45. The number of benzene rings is 1. The van der Waals surface area contributed by atoms with E-state index in [1.54, 1.807) is 18.2 Å². The number of amides is 1. The van der Waals surface area contributed by atoms with E-state index in [0.717, 1.165) is 0 Å². The van der Waals surface area contributed by atoms with Crippen molar-refractivity contribution < 1.29 is 14.7 Å². The first-order valence-electron chi connectivity index (χ1n) is 6.12. The Hall–Kier alpha value is -3.41. The van der Waals surface area contributed by atoms with Crippen LogP contribution < -0.4 is 16.5 Å². The zero-order valence-electron chi connectivity index (χ0n) is 11.5. The number of nitriles is 1. The monoisotopic (exact) mass is 302 g/mol. The second-order valence-electron chi connectivity index (χ2n) is 4.07. The number of rotatable bonds is 7. The average Bonchev–Trinajstić information content (AvgIpc) is 2.47. The number of carbonyl (C=O) groups is 2. The van der Waals surface area contributed by atoms with Crippen molar-refractivity contribution in [2.45, 2.75) is 6.42 Å². The van der Waals surface area contributed by atoms with Gasteiger partial charge >= 0.3 is 5.97 Å². The number of hydrogen-bond donors (Lipinski definition) is 5. The van der Waals surface area contributed by atoms with Crippen molar-refractivity contribution in [3.05, 3.63) is 29.8 Å². The number of anilines is 1. The predicted molar refractivity (Wildman–Crippen MR) is 79.6 cm³/mol. The highest BCUT2D eigenvalue weighted by Gasteiger charge is 2.06. The second kappa shape index (κ2) is 8.01. The summed E-state index contributed by atoms with van der Waals surface area (Å²) in [4.78, 5) is 22.0. The number of hydrogen-bond acceptors (Lipinski definition) is 6. The van der Waals surface area contributed by atoms with Gasteiger partial charge in [-0.3, -0.25) is 20.4 Å².